The number of fused-ring (bicyclic) bond motifs is 1. The lowest BCUT2D eigenvalue weighted by molar-refractivity contribution is 0.0695. The molecule has 2 N–H and O–H groups in total. The first-order valence-electron chi connectivity index (χ1n) is 5.01. The van der Waals surface area contributed by atoms with Crippen LogP contribution in [-0.2, 0) is 6.42 Å². The largest absolute Gasteiger partial charge is 0.477 e. The van der Waals surface area contributed by atoms with Gasteiger partial charge in [0.1, 0.15) is 5.56 Å². The maximum absolute atomic E-state index is 11.4. The summed E-state index contributed by atoms with van der Waals surface area (Å²) in [6.07, 6.45) is 0.872. The molecule has 82 valence electrons. The number of rotatable bonds is 2. The van der Waals surface area contributed by atoms with Crippen LogP contribution in [0.3, 0.4) is 0 Å². The second-order valence-corrected chi connectivity index (χ2v) is 3.59. The van der Waals surface area contributed by atoms with E-state index < -0.39 is 11.5 Å². The van der Waals surface area contributed by atoms with E-state index >= 15 is 0 Å². The first-order chi connectivity index (χ1) is 7.61. The highest BCUT2D eigenvalue weighted by molar-refractivity contribution is 5.92. The van der Waals surface area contributed by atoms with Gasteiger partial charge in [-0.2, -0.15) is 0 Å². The standard InChI is InChI=1S/C12H11NO3/c1-2-7-3-4-10-8(5-7)6-9(12(15)16)11(14)13-10/h3-6H,2H2,1H3,(H,13,14)(H,15,16). The predicted octanol–water partition coefficient (Wildman–Crippen LogP) is 1.79. The third-order valence-electron chi connectivity index (χ3n) is 2.55. The van der Waals surface area contributed by atoms with Gasteiger partial charge >= 0.3 is 5.97 Å². The van der Waals surface area contributed by atoms with Crippen molar-refractivity contribution in [3.05, 3.63) is 45.7 Å². The van der Waals surface area contributed by atoms with Gasteiger partial charge in [0, 0.05) is 5.52 Å². The normalized spacial score (nSPS) is 10.6. The van der Waals surface area contributed by atoms with Gasteiger partial charge in [0.25, 0.3) is 5.56 Å². The Morgan fingerprint density at radius 2 is 2.12 bits per heavy atom. The zero-order valence-electron chi connectivity index (χ0n) is 8.78. The predicted molar refractivity (Wildman–Crippen MR) is 60.9 cm³/mol. The SMILES string of the molecule is CCc1ccc2[nH]c(=O)c(C(=O)O)cc2c1. The van der Waals surface area contributed by atoms with E-state index in [1.165, 1.54) is 6.07 Å². The molecule has 2 aromatic rings. The van der Waals surface area contributed by atoms with Crippen molar-refractivity contribution in [3.8, 4) is 0 Å². The van der Waals surface area contributed by atoms with Gasteiger partial charge in [0.2, 0.25) is 0 Å². The van der Waals surface area contributed by atoms with Crippen LogP contribution in [-0.4, -0.2) is 16.1 Å². The van der Waals surface area contributed by atoms with Crippen molar-refractivity contribution in [2.24, 2.45) is 0 Å². The molecule has 2 rings (SSSR count). The summed E-state index contributed by atoms with van der Waals surface area (Å²) >= 11 is 0. The van der Waals surface area contributed by atoms with Gasteiger partial charge < -0.3 is 10.1 Å². The van der Waals surface area contributed by atoms with Crippen LogP contribution in [0, 0.1) is 0 Å². The molecule has 4 heteroatoms. The molecule has 0 fully saturated rings. The van der Waals surface area contributed by atoms with Gasteiger partial charge in [-0.05, 0) is 35.6 Å². The molecular weight excluding hydrogens is 206 g/mol. The Labute approximate surface area is 91.5 Å². The Hall–Kier alpha value is -2.10. The molecule has 0 aliphatic rings. The quantitative estimate of drug-likeness (QED) is 0.805. The number of aromatic nitrogens is 1. The van der Waals surface area contributed by atoms with Crippen molar-refractivity contribution in [2.75, 3.05) is 0 Å². The molecule has 0 radical (unpaired) electrons. The Morgan fingerprint density at radius 1 is 1.38 bits per heavy atom. The second-order valence-electron chi connectivity index (χ2n) is 3.59. The van der Waals surface area contributed by atoms with E-state index in [1.54, 1.807) is 6.07 Å². The maximum Gasteiger partial charge on any atom is 0.341 e. The van der Waals surface area contributed by atoms with E-state index in [0.717, 1.165) is 17.4 Å². The van der Waals surface area contributed by atoms with Crippen molar-refractivity contribution in [2.45, 2.75) is 13.3 Å². The van der Waals surface area contributed by atoms with Gasteiger partial charge in [-0.15, -0.1) is 0 Å². The minimum Gasteiger partial charge on any atom is -0.477 e. The lowest BCUT2D eigenvalue weighted by Crippen LogP contribution is -2.16. The van der Waals surface area contributed by atoms with Crippen LogP contribution in [0.4, 0.5) is 0 Å². The molecule has 1 aromatic heterocycles. The van der Waals surface area contributed by atoms with Crippen molar-refractivity contribution in [3.63, 3.8) is 0 Å². The number of hydrogen-bond acceptors (Lipinski definition) is 2. The first-order valence-corrected chi connectivity index (χ1v) is 5.01. The number of aromatic carboxylic acids is 1. The monoisotopic (exact) mass is 217 g/mol. The van der Waals surface area contributed by atoms with E-state index in [4.69, 9.17) is 5.11 Å². The average Bonchev–Trinajstić information content (AvgIpc) is 2.27. The first kappa shape index (κ1) is 10.4. The minimum atomic E-state index is -1.20. The van der Waals surface area contributed by atoms with Crippen LogP contribution < -0.4 is 5.56 Å². The topological polar surface area (TPSA) is 70.2 Å². The van der Waals surface area contributed by atoms with E-state index in [1.807, 2.05) is 19.1 Å². The summed E-state index contributed by atoms with van der Waals surface area (Å²) < 4.78 is 0. The van der Waals surface area contributed by atoms with E-state index in [2.05, 4.69) is 4.98 Å². The van der Waals surface area contributed by atoms with Crippen molar-refractivity contribution in [1.29, 1.82) is 0 Å². The molecule has 0 spiro atoms. The zero-order chi connectivity index (χ0) is 11.7. The lowest BCUT2D eigenvalue weighted by atomic mass is 10.1. The molecule has 0 unspecified atom stereocenters. The molecule has 0 amide bonds. The summed E-state index contributed by atoms with van der Waals surface area (Å²) in [4.78, 5) is 24.7. The number of carboxylic acids is 1. The van der Waals surface area contributed by atoms with Crippen LogP contribution in [0.25, 0.3) is 10.9 Å². The lowest BCUT2D eigenvalue weighted by Gasteiger charge is -2.02. The fourth-order valence-corrected chi connectivity index (χ4v) is 1.63. The fourth-order valence-electron chi connectivity index (χ4n) is 1.63. The highest BCUT2D eigenvalue weighted by atomic mass is 16.4. The Balaban J connectivity index is 2.75. The highest BCUT2D eigenvalue weighted by Gasteiger charge is 2.09. The number of nitrogens with one attached hydrogen (secondary N) is 1. The van der Waals surface area contributed by atoms with Gasteiger partial charge in [-0.1, -0.05) is 13.0 Å². The van der Waals surface area contributed by atoms with Crippen LogP contribution in [0.1, 0.15) is 22.8 Å². The summed E-state index contributed by atoms with van der Waals surface area (Å²) in [7, 11) is 0. The van der Waals surface area contributed by atoms with Crippen molar-refractivity contribution >= 4 is 16.9 Å². The summed E-state index contributed by atoms with van der Waals surface area (Å²) in [6, 6.07) is 7.01. The molecule has 0 bridgehead atoms. The van der Waals surface area contributed by atoms with E-state index in [0.29, 0.717) is 5.52 Å². The van der Waals surface area contributed by atoms with Gasteiger partial charge in [0.15, 0.2) is 0 Å². The number of aromatic amines is 1. The van der Waals surface area contributed by atoms with Crippen LogP contribution >= 0.6 is 0 Å². The van der Waals surface area contributed by atoms with Crippen molar-refractivity contribution in [1.82, 2.24) is 4.98 Å². The highest BCUT2D eigenvalue weighted by Crippen LogP contribution is 2.14. The van der Waals surface area contributed by atoms with Gasteiger partial charge in [0.05, 0.1) is 0 Å². The Bertz CT molecular complexity index is 613. The molecule has 0 aliphatic carbocycles. The van der Waals surface area contributed by atoms with Crippen molar-refractivity contribution < 1.29 is 9.90 Å². The number of aryl methyl sites for hydroxylation is 1. The zero-order valence-corrected chi connectivity index (χ0v) is 8.78. The Kier molecular flexibility index (Phi) is 2.48. The third-order valence-corrected chi connectivity index (χ3v) is 2.55. The van der Waals surface area contributed by atoms with Crippen LogP contribution in [0.15, 0.2) is 29.1 Å². The second kappa shape index (κ2) is 3.81. The number of benzene rings is 1. The molecule has 4 nitrogen and oxygen atoms in total. The number of pyridine rings is 1. The van der Waals surface area contributed by atoms with Crippen LogP contribution in [0.2, 0.25) is 0 Å². The third kappa shape index (κ3) is 1.69. The maximum atomic E-state index is 11.4. The molecule has 0 atom stereocenters. The number of carboxylic acid groups (broad SMARTS) is 1. The Morgan fingerprint density at radius 3 is 2.75 bits per heavy atom. The van der Waals surface area contributed by atoms with Gasteiger partial charge in [-0.25, -0.2) is 4.79 Å². The summed E-state index contributed by atoms with van der Waals surface area (Å²) in [5, 5.41) is 9.58. The molecule has 0 saturated heterocycles. The summed E-state index contributed by atoms with van der Waals surface area (Å²) in [5.74, 6) is -1.20. The molecular formula is C12H11NO3. The fraction of sp³-hybridized carbons (Fsp3) is 0.167. The van der Waals surface area contributed by atoms with Crippen LogP contribution in [0.5, 0.6) is 0 Å². The molecule has 1 heterocycles. The number of hydrogen-bond donors (Lipinski definition) is 2. The number of H-pyrrole nitrogens is 1. The molecule has 16 heavy (non-hydrogen) atoms. The van der Waals surface area contributed by atoms with E-state index in [9.17, 15) is 9.59 Å². The summed E-state index contributed by atoms with van der Waals surface area (Å²) in [6.45, 7) is 2.02. The average molecular weight is 217 g/mol. The van der Waals surface area contributed by atoms with Gasteiger partial charge in [-0.3, -0.25) is 4.79 Å². The number of carbonyl (C=O) groups is 1. The minimum absolute atomic E-state index is 0.222. The van der Waals surface area contributed by atoms with E-state index in [-0.39, 0.29) is 5.56 Å². The molecule has 0 saturated carbocycles. The smallest absolute Gasteiger partial charge is 0.341 e. The summed E-state index contributed by atoms with van der Waals surface area (Å²) in [5.41, 5.74) is 0.980. The molecule has 1 aromatic carbocycles. The molecule has 0 aliphatic heterocycles.